The molecule has 1 aliphatic heterocycles. The van der Waals surface area contributed by atoms with Crippen molar-refractivity contribution in [2.45, 2.75) is 12.1 Å². The molecule has 32 heavy (non-hydrogen) atoms. The molecule has 162 valence electrons. The van der Waals surface area contributed by atoms with E-state index in [0.29, 0.717) is 26.9 Å². The largest absolute Gasteiger partial charge is 0.497 e. The Morgan fingerprint density at radius 2 is 1.78 bits per heavy atom. The van der Waals surface area contributed by atoms with Crippen LogP contribution in [0.25, 0.3) is 0 Å². The van der Waals surface area contributed by atoms with Crippen LogP contribution >= 0.6 is 23.2 Å². The van der Waals surface area contributed by atoms with Crippen molar-refractivity contribution in [2.75, 3.05) is 7.11 Å². The van der Waals surface area contributed by atoms with Gasteiger partial charge in [-0.2, -0.15) is 0 Å². The highest BCUT2D eigenvalue weighted by molar-refractivity contribution is 6.36. The third-order valence-electron chi connectivity index (χ3n) is 5.16. The van der Waals surface area contributed by atoms with Crippen molar-refractivity contribution in [1.29, 1.82) is 0 Å². The normalized spacial score (nSPS) is 19.0. The highest BCUT2D eigenvalue weighted by atomic mass is 35.5. The molecule has 0 aliphatic carbocycles. The van der Waals surface area contributed by atoms with Crippen LogP contribution in [0.2, 0.25) is 10.0 Å². The Labute approximate surface area is 195 Å². The van der Waals surface area contributed by atoms with Gasteiger partial charge in [0.1, 0.15) is 5.75 Å². The van der Waals surface area contributed by atoms with Crippen LogP contribution in [-0.4, -0.2) is 35.9 Å². The summed E-state index contributed by atoms with van der Waals surface area (Å²) in [6, 6.07) is 20.0. The molecule has 0 spiro atoms. The number of hydrazone groups is 1. The number of nitrogens with zero attached hydrogens (tertiary/aromatic N) is 1. The molecular weight excluding hydrogens is 449 g/mol. The van der Waals surface area contributed by atoms with Gasteiger partial charge in [0.15, 0.2) is 6.04 Å². The number of carbonyl (C=O) groups excluding carboxylic acids is 2. The van der Waals surface area contributed by atoms with Crippen LogP contribution in [0.1, 0.15) is 27.5 Å². The molecule has 2 amide bonds. The predicted molar refractivity (Wildman–Crippen MR) is 123 cm³/mol. The van der Waals surface area contributed by atoms with Crippen molar-refractivity contribution in [3.05, 3.63) is 99.5 Å². The number of nitrogens with one attached hydrogen (secondary N) is 2. The molecule has 0 saturated carbocycles. The van der Waals surface area contributed by atoms with Gasteiger partial charge in [-0.05, 0) is 42.5 Å². The Hall–Kier alpha value is -3.35. The second-order valence-corrected chi connectivity index (χ2v) is 8.06. The summed E-state index contributed by atoms with van der Waals surface area (Å²) >= 11 is 12.3. The van der Waals surface area contributed by atoms with Crippen LogP contribution in [0.15, 0.2) is 72.8 Å². The van der Waals surface area contributed by atoms with Gasteiger partial charge in [0.05, 0.1) is 17.7 Å². The first-order valence-corrected chi connectivity index (χ1v) is 10.6. The van der Waals surface area contributed by atoms with E-state index >= 15 is 0 Å². The Bertz CT molecular complexity index is 1180. The van der Waals surface area contributed by atoms with E-state index < -0.39 is 12.1 Å². The molecule has 6 nitrogen and oxygen atoms in total. The minimum absolute atomic E-state index is 0.331. The summed E-state index contributed by atoms with van der Waals surface area (Å²) in [7, 11) is 1.56. The van der Waals surface area contributed by atoms with E-state index in [9.17, 15) is 9.59 Å². The summed E-state index contributed by atoms with van der Waals surface area (Å²) in [6.07, 6.45) is 1.73. The van der Waals surface area contributed by atoms with E-state index in [0.717, 1.165) is 5.56 Å². The zero-order chi connectivity index (χ0) is 22.7. The van der Waals surface area contributed by atoms with Gasteiger partial charge in [0.2, 0.25) is 12.3 Å². The lowest BCUT2D eigenvalue weighted by atomic mass is 10.00. The number of rotatable bonds is 5. The molecule has 3 aromatic rings. The standard InChI is InChI=1S/C24H19Cl2N3O3/c1-32-19-11-8-16(9-12-19)23(30)27-21-22(15-5-3-2-4-6-15)29(28-24(21)31)14-17-7-10-18(25)13-20(17)26/h2-14,21-22H,1H3,(H-,27,28,30,31)/p+1/b29-14-/t21-,22-/m1/s1. The summed E-state index contributed by atoms with van der Waals surface area (Å²) in [5, 5.41) is 3.83. The van der Waals surface area contributed by atoms with Crippen molar-refractivity contribution in [1.82, 2.24) is 10.7 Å². The summed E-state index contributed by atoms with van der Waals surface area (Å²) in [4.78, 5) is 25.8. The van der Waals surface area contributed by atoms with E-state index in [4.69, 9.17) is 27.9 Å². The van der Waals surface area contributed by atoms with Crippen molar-refractivity contribution in [3.8, 4) is 5.75 Å². The molecule has 0 unspecified atom stereocenters. The Balaban J connectivity index is 1.68. The number of methoxy groups -OCH3 is 1. The smallest absolute Gasteiger partial charge is 0.304 e. The average Bonchev–Trinajstić information content (AvgIpc) is 3.10. The van der Waals surface area contributed by atoms with Gasteiger partial charge in [-0.25, -0.2) is 0 Å². The predicted octanol–water partition coefficient (Wildman–Crippen LogP) is 4.02. The highest BCUT2D eigenvalue weighted by Gasteiger charge is 2.47. The lowest BCUT2D eigenvalue weighted by Gasteiger charge is -2.15. The van der Waals surface area contributed by atoms with E-state index in [1.807, 2.05) is 30.3 Å². The van der Waals surface area contributed by atoms with Crippen molar-refractivity contribution in [2.24, 2.45) is 0 Å². The molecule has 0 radical (unpaired) electrons. The molecule has 3 aromatic carbocycles. The fraction of sp³-hybridized carbons (Fsp3) is 0.125. The fourth-order valence-corrected chi connectivity index (χ4v) is 4.01. The molecule has 2 N–H and O–H groups in total. The maximum atomic E-state index is 12.9. The highest BCUT2D eigenvalue weighted by Crippen LogP contribution is 2.27. The van der Waals surface area contributed by atoms with E-state index in [1.165, 1.54) is 0 Å². The maximum Gasteiger partial charge on any atom is 0.304 e. The van der Waals surface area contributed by atoms with Gasteiger partial charge < -0.3 is 10.1 Å². The molecule has 0 aromatic heterocycles. The summed E-state index contributed by atoms with van der Waals surface area (Å²) in [5.74, 6) is -0.0508. The molecule has 0 bridgehead atoms. The van der Waals surface area contributed by atoms with Gasteiger partial charge in [0, 0.05) is 16.1 Å². The minimum Gasteiger partial charge on any atom is -0.497 e. The molecule has 8 heteroatoms. The lowest BCUT2D eigenvalue weighted by Crippen LogP contribution is -2.42. The Morgan fingerprint density at radius 3 is 2.44 bits per heavy atom. The minimum atomic E-state index is -0.825. The van der Waals surface area contributed by atoms with Crippen LogP contribution in [0.3, 0.4) is 0 Å². The van der Waals surface area contributed by atoms with Gasteiger partial charge in [-0.15, -0.1) is 10.1 Å². The van der Waals surface area contributed by atoms with Gasteiger partial charge in [-0.3, -0.25) is 9.59 Å². The second-order valence-electron chi connectivity index (χ2n) is 7.21. The van der Waals surface area contributed by atoms with Crippen molar-refractivity contribution < 1.29 is 19.0 Å². The number of hydrogen-bond acceptors (Lipinski definition) is 3. The molecular formula is C24H20Cl2N3O3+. The molecule has 1 fully saturated rings. The number of amides is 2. The molecule has 1 saturated heterocycles. The van der Waals surface area contributed by atoms with Gasteiger partial charge in [0.25, 0.3) is 5.91 Å². The quantitative estimate of drug-likeness (QED) is 0.555. The van der Waals surface area contributed by atoms with Crippen LogP contribution in [0.5, 0.6) is 5.75 Å². The van der Waals surface area contributed by atoms with E-state index in [1.54, 1.807) is 60.5 Å². The lowest BCUT2D eigenvalue weighted by molar-refractivity contribution is -0.596. The van der Waals surface area contributed by atoms with Gasteiger partial charge >= 0.3 is 5.91 Å². The first-order valence-electron chi connectivity index (χ1n) is 9.85. The van der Waals surface area contributed by atoms with Crippen LogP contribution in [0, 0.1) is 0 Å². The molecule has 2 atom stereocenters. The average molecular weight is 469 g/mol. The van der Waals surface area contributed by atoms with Crippen LogP contribution < -0.4 is 15.5 Å². The number of ether oxygens (including phenoxy) is 1. The van der Waals surface area contributed by atoms with E-state index in [-0.39, 0.29) is 11.8 Å². The number of carbonyl (C=O) groups is 2. The summed E-state index contributed by atoms with van der Waals surface area (Å²) in [6.45, 7) is 0. The molecule has 1 heterocycles. The second kappa shape index (κ2) is 9.42. The SMILES string of the molecule is COc1ccc(C(=O)N[C@H]2C(=O)N/[N+](=C\c3ccc(Cl)cc3Cl)[C@@H]2c2ccccc2)cc1. The zero-order valence-electron chi connectivity index (χ0n) is 17.1. The first-order chi connectivity index (χ1) is 15.5. The summed E-state index contributed by atoms with van der Waals surface area (Å²) in [5.41, 5.74) is 4.79. The Kier molecular flexibility index (Phi) is 6.44. The van der Waals surface area contributed by atoms with Crippen LogP contribution in [-0.2, 0) is 4.79 Å². The Morgan fingerprint density at radius 1 is 1.06 bits per heavy atom. The number of hydrazine groups is 1. The van der Waals surface area contributed by atoms with E-state index in [2.05, 4.69) is 10.7 Å². The number of benzene rings is 3. The van der Waals surface area contributed by atoms with Gasteiger partial charge in [-0.1, -0.05) is 53.5 Å². The van der Waals surface area contributed by atoms with Crippen molar-refractivity contribution in [3.63, 3.8) is 0 Å². The first kappa shape index (κ1) is 21.9. The third kappa shape index (κ3) is 4.61. The maximum absolute atomic E-state index is 12.9. The fourth-order valence-electron chi connectivity index (χ4n) is 3.55. The molecule has 1 aliphatic rings. The number of hydrogen-bond donors (Lipinski definition) is 2. The third-order valence-corrected chi connectivity index (χ3v) is 5.72. The topological polar surface area (TPSA) is 70.4 Å². The van der Waals surface area contributed by atoms with Crippen LogP contribution in [0.4, 0.5) is 0 Å². The van der Waals surface area contributed by atoms with Crippen molar-refractivity contribution >= 4 is 41.2 Å². The zero-order valence-corrected chi connectivity index (χ0v) is 18.6. The molecule has 4 rings (SSSR count). The monoisotopic (exact) mass is 468 g/mol. The number of halogens is 2. The summed E-state index contributed by atoms with van der Waals surface area (Å²) < 4.78 is 6.79.